The number of carbonyl (C=O) groups excluding carboxylic acids is 2. The molecule has 0 amide bonds. The standard InChI is InChI=1S/C29H38N2O4S2/c1-19(2)30-14-11-15-31(18-20-12-9-8-10-13-20)25-23-21(36-7)16-29(3,4)17-22(23)37-26(28(33)35-6)24(25)27(32)34-5/h8-10,12-13,16-17,19,30H,11,14-15,18H2,1-7H3. The van der Waals surface area contributed by atoms with Gasteiger partial charge in [0.25, 0.3) is 0 Å². The van der Waals surface area contributed by atoms with E-state index in [2.05, 4.69) is 62.2 Å². The number of benzene rings is 1. The van der Waals surface area contributed by atoms with Crippen LogP contribution >= 0.6 is 23.5 Å². The summed E-state index contributed by atoms with van der Waals surface area (Å²) in [6.45, 7) is 10.6. The lowest BCUT2D eigenvalue weighted by Gasteiger charge is -2.38. The van der Waals surface area contributed by atoms with Crippen LogP contribution in [0.5, 0.6) is 0 Å². The van der Waals surface area contributed by atoms with Crippen LogP contribution in [0.25, 0.3) is 0 Å². The first-order valence-corrected chi connectivity index (χ1v) is 14.5. The van der Waals surface area contributed by atoms with Gasteiger partial charge in [0.05, 0.1) is 19.9 Å². The van der Waals surface area contributed by atoms with Crippen LogP contribution in [0.2, 0.25) is 0 Å². The van der Waals surface area contributed by atoms with Crippen molar-refractivity contribution < 1.29 is 19.1 Å². The Kier molecular flexibility index (Phi) is 10.2. The van der Waals surface area contributed by atoms with Gasteiger partial charge in [-0.2, -0.15) is 0 Å². The van der Waals surface area contributed by atoms with E-state index in [1.54, 1.807) is 11.8 Å². The average molecular weight is 543 g/mol. The van der Waals surface area contributed by atoms with E-state index in [1.807, 2.05) is 24.5 Å². The third-order valence-corrected chi connectivity index (χ3v) is 7.96. The molecule has 0 radical (unpaired) electrons. The van der Waals surface area contributed by atoms with Crippen molar-refractivity contribution >= 4 is 35.5 Å². The number of allylic oxidation sites excluding steroid dienone is 4. The highest BCUT2D eigenvalue weighted by Crippen LogP contribution is 2.53. The lowest BCUT2D eigenvalue weighted by atomic mass is 9.85. The van der Waals surface area contributed by atoms with Gasteiger partial charge in [0.1, 0.15) is 10.5 Å². The van der Waals surface area contributed by atoms with E-state index in [4.69, 9.17) is 9.47 Å². The van der Waals surface area contributed by atoms with Crippen molar-refractivity contribution in [3.05, 3.63) is 79.6 Å². The summed E-state index contributed by atoms with van der Waals surface area (Å²) in [4.78, 5) is 30.9. The van der Waals surface area contributed by atoms with Crippen LogP contribution in [0.1, 0.15) is 39.7 Å². The molecule has 1 heterocycles. The minimum atomic E-state index is -0.543. The zero-order chi connectivity index (χ0) is 27.2. The molecule has 1 N–H and O–H groups in total. The van der Waals surface area contributed by atoms with Crippen molar-refractivity contribution in [2.75, 3.05) is 33.6 Å². The van der Waals surface area contributed by atoms with Crippen molar-refractivity contribution in [3.8, 4) is 0 Å². The minimum Gasteiger partial charge on any atom is -0.465 e. The molecule has 1 aliphatic heterocycles. The fraction of sp³-hybridized carbons (Fsp3) is 0.448. The summed E-state index contributed by atoms with van der Waals surface area (Å²) < 4.78 is 10.4. The summed E-state index contributed by atoms with van der Waals surface area (Å²) in [7, 11) is 2.70. The monoisotopic (exact) mass is 542 g/mol. The Balaban J connectivity index is 2.27. The first-order chi connectivity index (χ1) is 17.6. The van der Waals surface area contributed by atoms with Crippen LogP contribution in [0.15, 0.2) is 74.0 Å². The third-order valence-electron chi connectivity index (χ3n) is 6.08. The molecule has 0 atom stereocenters. The highest BCUT2D eigenvalue weighted by atomic mass is 32.2. The second-order valence-electron chi connectivity index (χ2n) is 9.93. The fourth-order valence-electron chi connectivity index (χ4n) is 4.43. The number of methoxy groups -OCH3 is 2. The number of carbonyl (C=O) groups is 2. The molecule has 0 unspecified atom stereocenters. The molecule has 0 aromatic heterocycles. The van der Waals surface area contributed by atoms with Gasteiger partial charge < -0.3 is 19.7 Å². The van der Waals surface area contributed by atoms with E-state index < -0.39 is 11.9 Å². The molecule has 0 fully saturated rings. The van der Waals surface area contributed by atoms with Crippen molar-refractivity contribution in [2.45, 2.75) is 46.7 Å². The average Bonchev–Trinajstić information content (AvgIpc) is 2.87. The Hall–Kier alpha value is -2.42. The van der Waals surface area contributed by atoms with Crippen LogP contribution in [-0.2, 0) is 25.6 Å². The molecule has 1 aliphatic carbocycles. The number of ether oxygens (including phenoxy) is 2. The molecule has 37 heavy (non-hydrogen) atoms. The summed E-state index contributed by atoms with van der Waals surface area (Å²) in [5.74, 6) is -1.08. The fourth-order valence-corrected chi connectivity index (χ4v) is 6.67. The number of nitrogens with zero attached hydrogens (tertiary/aromatic N) is 1. The molecule has 1 aromatic carbocycles. The van der Waals surface area contributed by atoms with Crippen molar-refractivity contribution in [1.82, 2.24) is 10.2 Å². The summed E-state index contributed by atoms with van der Waals surface area (Å²) in [5, 5.41) is 3.48. The van der Waals surface area contributed by atoms with Gasteiger partial charge in [-0.1, -0.05) is 81.9 Å². The molecule has 0 spiro atoms. The minimum absolute atomic E-state index is 0.204. The van der Waals surface area contributed by atoms with Crippen LogP contribution < -0.4 is 5.32 Å². The van der Waals surface area contributed by atoms with Gasteiger partial charge in [-0.05, 0) is 24.8 Å². The van der Waals surface area contributed by atoms with Crippen molar-refractivity contribution in [2.24, 2.45) is 5.41 Å². The Morgan fingerprint density at radius 3 is 2.35 bits per heavy atom. The quantitative estimate of drug-likeness (QED) is 0.284. The molecule has 0 bridgehead atoms. The number of nitrogens with one attached hydrogen (secondary N) is 1. The third kappa shape index (κ3) is 7.12. The van der Waals surface area contributed by atoms with E-state index >= 15 is 0 Å². The van der Waals surface area contributed by atoms with Crippen LogP contribution in [0, 0.1) is 5.41 Å². The van der Waals surface area contributed by atoms with Gasteiger partial charge in [-0.3, -0.25) is 0 Å². The summed E-state index contributed by atoms with van der Waals surface area (Å²) in [6.07, 6.45) is 7.31. The first kappa shape index (κ1) is 29.1. The number of hydrogen-bond donors (Lipinski definition) is 1. The first-order valence-electron chi connectivity index (χ1n) is 12.5. The van der Waals surface area contributed by atoms with Gasteiger partial charge in [0, 0.05) is 39.9 Å². The molecular formula is C29H38N2O4S2. The molecule has 1 aromatic rings. The van der Waals surface area contributed by atoms with E-state index in [0.717, 1.165) is 39.6 Å². The Morgan fingerprint density at radius 1 is 1.08 bits per heavy atom. The topological polar surface area (TPSA) is 67.9 Å². The zero-order valence-corrected chi connectivity index (χ0v) is 24.5. The van der Waals surface area contributed by atoms with Crippen LogP contribution in [0.3, 0.4) is 0 Å². The predicted octanol–water partition coefficient (Wildman–Crippen LogP) is 5.65. The number of hydrogen-bond acceptors (Lipinski definition) is 8. The molecule has 8 heteroatoms. The van der Waals surface area contributed by atoms with Gasteiger partial charge in [0.15, 0.2) is 0 Å². The summed E-state index contributed by atoms with van der Waals surface area (Å²) >= 11 is 2.94. The smallest absolute Gasteiger partial charge is 0.345 e. The second-order valence-corrected chi connectivity index (χ2v) is 11.8. The maximum atomic E-state index is 13.4. The van der Waals surface area contributed by atoms with Crippen molar-refractivity contribution in [1.29, 1.82) is 0 Å². The molecule has 3 rings (SSSR count). The highest BCUT2D eigenvalue weighted by molar-refractivity contribution is 8.08. The number of esters is 2. The van der Waals surface area contributed by atoms with E-state index in [9.17, 15) is 9.59 Å². The number of rotatable bonds is 11. The predicted molar refractivity (Wildman–Crippen MR) is 154 cm³/mol. The number of thioether (sulfide) groups is 2. The summed E-state index contributed by atoms with van der Waals surface area (Å²) in [5.41, 5.74) is 2.87. The molecule has 0 saturated heterocycles. The largest absolute Gasteiger partial charge is 0.465 e. The van der Waals surface area contributed by atoms with E-state index in [1.165, 1.54) is 26.0 Å². The zero-order valence-electron chi connectivity index (χ0n) is 22.8. The molecule has 6 nitrogen and oxygen atoms in total. The Bertz CT molecular complexity index is 1130. The van der Waals surface area contributed by atoms with E-state index in [0.29, 0.717) is 19.1 Å². The summed E-state index contributed by atoms with van der Waals surface area (Å²) in [6, 6.07) is 10.6. The van der Waals surface area contributed by atoms with Crippen LogP contribution in [-0.4, -0.2) is 56.4 Å². The molecular weight excluding hydrogens is 504 g/mol. The molecule has 200 valence electrons. The SMILES string of the molecule is COC(=O)C1=C(C(=O)OC)C(N(CCCNC(C)C)Cc2ccccc2)=C2C(SC)=CC(C)(C)C=C2S1. The van der Waals surface area contributed by atoms with Gasteiger partial charge in [-0.15, -0.1) is 11.8 Å². The van der Waals surface area contributed by atoms with Gasteiger partial charge >= 0.3 is 11.9 Å². The molecule has 2 aliphatic rings. The lowest BCUT2D eigenvalue weighted by molar-refractivity contribution is -0.138. The second kappa shape index (κ2) is 12.9. The Labute approximate surface area is 229 Å². The maximum absolute atomic E-state index is 13.4. The highest BCUT2D eigenvalue weighted by Gasteiger charge is 2.40. The Morgan fingerprint density at radius 2 is 1.76 bits per heavy atom. The normalized spacial score (nSPS) is 16.8. The molecule has 0 saturated carbocycles. The van der Waals surface area contributed by atoms with E-state index in [-0.39, 0.29) is 15.9 Å². The number of fused-ring (bicyclic) bond motifs is 1. The van der Waals surface area contributed by atoms with Crippen LogP contribution in [0.4, 0.5) is 0 Å². The van der Waals surface area contributed by atoms with Gasteiger partial charge in [0.2, 0.25) is 0 Å². The lowest BCUT2D eigenvalue weighted by Crippen LogP contribution is -2.34. The maximum Gasteiger partial charge on any atom is 0.345 e. The van der Waals surface area contributed by atoms with Gasteiger partial charge in [-0.25, -0.2) is 9.59 Å². The van der Waals surface area contributed by atoms with Crippen molar-refractivity contribution in [3.63, 3.8) is 0 Å².